The molecule has 0 spiro atoms. The van der Waals surface area contributed by atoms with Crippen LogP contribution < -0.4 is 0 Å². The van der Waals surface area contributed by atoms with Crippen LogP contribution in [-0.2, 0) is 0 Å². The molecule has 9 heavy (non-hydrogen) atoms. The first kappa shape index (κ1) is 9.26. The zero-order valence-electron chi connectivity index (χ0n) is 6.99. The minimum absolute atomic E-state index is 0.377. The quantitative estimate of drug-likeness (QED) is 0.559. The van der Waals surface area contributed by atoms with Gasteiger partial charge in [-0.3, -0.25) is 0 Å². The zero-order chi connectivity index (χ0) is 7.49. The van der Waals surface area contributed by atoms with Crippen LogP contribution in [0, 0.1) is 5.41 Å². The van der Waals surface area contributed by atoms with Crippen molar-refractivity contribution in [1.29, 1.82) is 0 Å². The first-order valence-corrected chi connectivity index (χ1v) is 5.76. The van der Waals surface area contributed by atoms with E-state index in [1.807, 2.05) is 0 Å². The third kappa shape index (κ3) is 6.14. The molecular weight excluding hydrogens is 175 g/mol. The van der Waals surface area contributed by atoms with Gasteiger partial charge in [0.15, 0.2) is 0 Å². The molecule has 0 aliphatic heterocycles. The van der Waals surface area contributed by atoms with Gasteiger partial charge in [0.25, 0.3) is 0 Å². The van der Waals surface area contributed by atoms with Crippen molar-refractivity contribution in [3.63, 3.8) is 0 Å². The summed E-state index contributed by atoms with van der Waals surface area (Å²) < 4.78 is 1.55. The molecule has 0 saturated heterocycles. The molecule has 0 aromatic carbocycles. The van der Waals surface area contributed by atoms with Gasteiger partial charge in [-0.05, 0) is 0 Å². The average Bonchev–Trinajstić information content (AvgIpc) is 1.62. The third-order valence-electron chi connectivity index (χ3n) is 0.958. The van der Waals surface area contributed by atoms with Crippen molar-refractivity contribution in [3.05, 3.63) is 10.5 Å². The number of allylic oxidation sites excluding steroid dienone is 2. The fourth-order valence-corrected chi connectivity index (χ4v) is 1.66. The van der Waals surface area contributed by atoms with Gasteiger partial charge in [0.1, 0.15) is 0 Å². The first-order valence-electron chi connectivity index (χ1n) is 3.19. The van der Waals surface area contributed by atoms with E-state index in [2.05, 4.69) is 39.6 Å². The van der Waals surface area contributed by atoms with Crippen LogP contribution in [0.15, 0.2) is 10.5 Å². The van der Waals surface area contributed by atoms with E-state index in [9.17, 15) is 0 Å². The molecule has 54 valence electrons. The second kappa shape index (κ2) is 3.43. The van der Waals surface area contributed by atoms with Crippen LogP contribution >= 0.6 is 0 Å². The molecule has 0 unspecified atom stereocenters. The molecule has 0 N–H and O–H groups in total. The SMILES string of the molecule is C[Se]/C(C)=C/C(C)(C)C. The van der Waals surface area contributed by atoms with Crippen molar-refractivity contribution in [1.82, 2.24) is 0 Å². The molecule has 0 atom stereocenters. The Balaban J connectivity index is 3.95. The molecular formula is C8H16Se. The Morgan fingerprint density at radius 3 is 1.89 bits per heavy atom. The summed E-state index contributed by atoms with van der Waals surface area (Å²) in [6, 6.07) is 0. The van der Waals surface area contributed by atoms with Crippen molar-refractivity contribution in [2.75, 3.05) is 0 Å². The van der Waals surface area contributed by atoms with Crippen LogP contribution in [0.1, 0.15) is 27.7 Å². The molecule has 0 heterocycles. The van der Waals surface area contributed by atoms with Gasteiger partial charge in [-0.15, -0.1) is 0 Å². The second-order valence-electron chi connectivity index (χ2n) is 3.33. The summed E-state index contributed by atoms with van der Waals surface area (Å²) in [5.74, 6) is 2.25. The summed E-state index contributed by atoms with van der Waals surface area (Å²) in [5, 5.41) is 0. The van der Waals surface area contributed by atoms with E-state index in [1.54, 1.807) is 4.47 Å². The molecule has 0 saturated carbocycles. The fourth-order valence-electron chi connectivity index (χ4n) is 0.669. The summed E-state index contributed by atoms with van der Waals surface area (Å²) >= 11 is 0.702. The fraction of sp³-hybridized carbons (Fsp3) is 0.750. The van der Waals surface area contributed by atoms with Crippen molar-refractivity contribution >= 4 is 15.0 Å². The molecule has 0 rings (SSSR count). The topological polar surface area (TPSA) is 0 Å². The minimum atomic E-state index is 0.377. The van der Waals surface area contributed by atoms with Gasteiger partial charge in [-0.2, -0.15) is 0 Å². The molecule has 0 bridgehead atoms. The number of hydrogen-bond donors (Lipinski definition) is 0. The van der Waals surface area contributed by atoms with Crippen LogP contribution in [0.2, 0.25) is 5.82 Å². The molecule has 0 radical (unpaired) electrons. The Hall–Kier alpha value is 0.259. The Morgan fingerprint density at radius 2 is 1.78 bits per heavy atom. The van der Waals surface area contributed by atoms with Crippen molar-refractivity contribution in [2.24, 2.45) is 5.41 Å². The van der Waals surface area contributed by atoms with E-state index in [0.717, 1.165) is 0 Å². The second-order valence-corrected chi connectivity index (χ2v) is 5.53. The average molecular weight is 191 g/mol. The van der Waals surface area contributed by atoms with Crippen LogP contribution in [0.5, 0.6) is 0 Å². The van der Waals surface area contributed by atoms with Gasteiger partial charge in [0, 0.05) is 0 Å². The third-order valence-corrected chi connectivity index (χ3v) is 2.56. The van der Waals surface area contributed by atoms with E-state index in [0.29, 0.717) is 20.4 Å². The van der Waals surface area contributed by atoms with Gasteiger partial charge in [0.2, 0.25) is 0 Å². The number of hydrogen-bond acceptors (Lipinski definition) is 0. The molecule has 0 aromatic heterocycles. The van der Waals surface area contributed by atoms with Gasteiger partial charge in [-0.1, -0.05) is 0 Å². The summed E-state index contributed by atoms with van der Waals surface area (Å²) in [4.78, 5) is 0. The molecule has 0 fully saturated rings. The summed E-state index contributed by atoms with van der Waals surface area (Å²) in [6.07, 6.45) is 2.35. The van der Waals surface area contributed by atoms with Crippen molar-refractivity contribution < 1.29 is 0 Å². The van der Waals surface area contributed by atoms with E-state index in [4.69, 9.17) is 0 Å². The summed E-state index contributed by atoms with van der Waals surface area (Å²) in [5.41, 5.74) is 0.377. The van der Waals surface area contributed by atoms with Crippen molar-refractivity contribution in [2.45, 2.75) is 33.5 Å². The standard InChI is InChI=1S/C8H16Se/c1-7(9-5)6-8(2,3)4/h6H,1-5H3/b7-6+. The summed E-state index contributed by atoms with van der Waals surface area (Å²) in [7, 11) is 0. The Bertz CT molecular complexity index is 106. The van der Waals surface area contributed by atoms with Crippen LogP contribution in [0.3, 0.4) is 0 Å². The van der Waals surface area contributed by atoms with Crippen LogP contribution in [-0.4, -0.2) is 15.0 Å². The monoisotopic (exact) mass is 192 g/mol. The van der Waals surface area contributed by atoms with E-state index >= 15 is 0 Å². The maximum atomic E-state index is 2.35. The van der Waals surface area contributed by atoms with Gasteiger partial charge < -0.3 is 0 Å². The molecule has 0 aliphatic carbocycles. The molecule has 0 aliphatic rings. The van der Waals surface area contributed by atoms with Gasteiger partial charge >= 0.3 is 64.4 Å². The molecule has 0 aromatic rings. The van der Waals surface area contributed by atoms with E-state index in [-0.39, 0.29) is 0 Å². The Kier molecular flexibility index (Phi) is 3.53. The number of rotatable bonds is 1. The molecule has 0 amide bonds. The normalized spacial score (nSPS) is 14.1. The predicted octanol–water partition coefficient (Wildman–Crippen LogP) is 2.69. The van der Waals surface area contributed by atoms with Gasteiger partial charge in [-0.25, -0.2) is 0 Å². The Morgan fingerprint density at radius 1 is 1.33 bits per heavy atom. The van der Waals surface area contributed by atoms with Gasteiger partial charge in [0.05, 0.1) is 0 Å². The maximum absolute atomic E-state index is 2.35. The zero-order valence-corrected chi connectivity index (χ0v) is 8.70. The van der Waals surface area contributed by atoms with E-state index in [1.165, 1.54) is 0 Å². The van der Waals surface area contributed by atoms with Crippen LogP contribution in [0.25, 0.3) is 0 Å². The first-order chi connectivity index (χ1) is 3.95. The Labute approximate surface area is 64.9 Å². The predicted molar refractivity (Wildman–Crippen MR) is 44.8 cm³/mol. The van der Waals surface area contributed by atoms with E-state index < -0.39 is 0 Å². The van der Waals surface area contributed by atoms with Crippen LogP contribution in [0.4, 0.5) is 0 Å². The summed E-state index contributed by atoms with van der Waals surface area (Å²) in [6.45, 7) is 8.93. The molecule has 0 nitrogen and oxygen atoms in total. The molecule has 1 heteroatoms. The van der Waals surface area contributed by atoms with Crippen molar-refractivity contribution in [3.8, 4) is 0 Å².